The van der Waals surface area contributed by atoms with Crippen LogP contribution in [0.2, 0.25) is 0 Å². The number of rotatable bonds is 2. The number of nitrogens with two attached hydrogens (primary N) is 1. The van der Waals surface area contributed by atoms with Gasteiger partial charge in [-0.3, -0.25) is 4.90 Å². The lowest BCUT2D eigenvalue weighted by molar-refractivity contribution is 0.222. The summed E-state index contributed by atoms with van der Waals surface area (Å²) in [6.07, 6.45) is 0. The second-order valence-corrected chi connectivity index (χ2v) is 5.88. The van der Waals surface area contributed by atoms with Crippen LogP contribution in [0.5, 0.6) is 0 Å². The second-order valence-electron chi connectivity index (χ2n) is 5.88. The molecule has 0 spiro atoms. The van der Waals surface area contributed by atoms with Crippen molar-refractivity contribution in [3.63, 3.8) is 0 Å². The van der Waals surface area contributed by atoms with Gasteiger partial charge in [0.05, 0.1) is 0 Å². The van der Waals surface area contributed by atoms with Crippen molar-refractivity contribution in [2.24, 2.45) is 5.73 Å². The maximum absolute atomic E-state index is 13.6. The standard InChI is InChI=1S/C18H21FN2/c1-12-5-3-8-15-16(13-6-4-7-14(19)9-13)11-21(2)17(10-20)18(12)15/h3-9,16-17H,10-11,20H2,1-2H3. The van der Waals surface area contributed by atoms with E-state index in [1.165, 1.54) is 22.8 Å². The lowest BCUT2D eigenvalue weighted by Gasteiger charge is -2.40. The zero-order chi connectivity index (χ0) is 15.0. The van der Waals surface area contributed by atoms with Crippen molar-refractivity contribution < 1.29 is 4.39 Å². The van der Waals surface area contributed by atoms with E-state index in [1.54, 1.807) is 12.1 Å². The minimum atomic E-state index is -0.176. The molecule has 21 heavy (non-hydrogen) atoms. The molecule has 2 aromatic rings. The Labute approximate surface area is 125 Å². The molecule has 0 amide bonds. The molecule has 0 aromatic heterocycles. The Balaban J connectivity index is 2.14. The number of benzene rings is 2. The predicted octanol–water partition coefficient (Wildman–Crippen LogP) is 3.21. The first-order valence-electron chi connectivity index (χ1n) is 7.37. The van der Waals surface area contributed by atoms with Crippen molar-refractivity contribution in [3.05, 3.63) is 70.5 Å². The van der Waals surface area contributed by atoms with Gasteiger partial charge in [0.2, 0.25) is 0 Å². The molecule has 2 atom stereocenters. The monoisotopic (exact) mass is 284 g/mol. The van der Waals surface area contributed by atoms with Crippen LogP contribution in [0.15, 0.2) is 42.5 Å². The number of fused-ring (bicyclic) bond motifs is 1. The summed E-state index contributed by atoms with van der Waals surface area (Å²) in [5.74, 6) is 0.0219. The summed E-state index contributed by atoms with van der Waals surface area (Å²) >= 11 is 0. The van der Waals surface area contributed by atoms with Gasteiger partial charge in [-0.2, -0.15) is 0 Å². The molecule has 3 heteroatoms. The third-order valence-corrected chi connectivity index (χ3v) is 4.54. The van der Waals surface area contributed by atoms with Gasteiger partial charge in [-0.15, -0.1) is 0 Å². The SMILES string of the molecule is Cc1cccc2c1C(CN)N(C)CC2c1cccc(F)c1. The zero-order valence-electron chi connectivity index (χ0n) is 12.5. The molecule has 0 bridgehead atoms. The van der Waals surface area contributed by atoms with E-state index in [0.29, 0.717) is 6.54 Å². The number of nitrogens with zero attached hydrogens (tertiary/aromatic N) is 1. The quantitative estimate of drug-likeness (QED) is 0.917. The van der Waals surface area contributed by atoms with Gasteiger partial charge in [0, 0.05) is 25.0 Å². The normalized spacial score (nSPS) is 22.1. The first-order valence-corrected chi connectivity index (χ1v) is 7.37. The third kappa shape index (κ3) is 2.47. The first kappa shape index (κ1) is 14.2. The molecule has 0 aliphatic carbocycles. The maximum Gasteiger partial charge on any atom is 0.123 e. The molecule has 2 nitrogen and oxygen atoms in total. The minimum Gasteiger partial charge on any atom is -0.329 e. The van der Waals surface area contributed by atoms with E-state index in [-0.39, 0.29) is 17.8 Å². The number of likely N-dealkylation sites (N-methyl/N-ethyl adjacent to an activating group) is 1. The van der Waals surface area contributed by atoms with Crippen LogP contribution in [-0.2, 0) is 0 Å². The van der Waals surface area contributed by atoms with Crippen LogP contribution in [0, 0.1) is 12.7 Å². The van der Waals surface area contributed by atoms with Gasteiger partial charge in [-0.25, -0.2) is 4.39 Å². The van der Waals surface area contributed by atoms with Crippen molar-refractivity contribution in [1.29, 1.82) is 0 Å². The van der Waals surface area contributed by atoms with E-state index in [2.05, 4.69) is 37.1 Å². The van der Waals surface area contributed by atoms with Crippen LogP contribution < -0.4 is 5.73 Å². The summed E-state index contributed by atoms with van der Waals surface area (Å²) in [5.41, 5.74) is 10.9. The lowest BCUT2D eigenvalue weighted by Crippen LogP contribution is -2.39. The molecular weight excluding hydrogens is 263 g/mol. The molecule has 0 radical (unpaired) electrons. The average Bonchev–Trinajstić information content (AvgIpc) is 2.47. The van der Waals surface area contributed by atoms with E-state index in [4.69, 9.17) is 5.73 Å². The summed E-state index contributed by atoms with van der Waals surface area (Å²) in [5, 5.41) is 0. The molecule has 0 fully saturated rings. The fraction of sp³-hybridized carbons (Fsp3) is 0.333. The van der Waals surface area contributed by atoms with Crippen LogP contribution in [0.3, 0.4) is 0 Å². The Hall–Kier alpha value is -1.71. The van der Waals surface area contributed by atoms with Gasteiger partial charge in [-0.05, 0) is 48.4 Å². The molecule has 2 aromatic carbocycles. The van der Waals surface area contributed by atoms with Gasteiger partial charge >= 0.3 is 0 Å². The van der Waals surface area contributed by atoms with Gasteiger partial charge < -0.3 is 5.73 Å². The highest BCUT2D eigenvalue weighted by Gasteiger charge is 2.32. The highest BCUT2D eigenvalue weighted by molar-refractivity contribution is 5.46. The predicted molar refractivity (Wildman–Crippen MR) is 83.8 cm³/mol. The van der Waals surface area contributed by atoms with Crippen molar-refractivity contribution >= 4 is 0 Å². The van der Waals surface area contributed by atoms with E-state index in [1.807, 2.05) is 6.07 Å². The summed E-state index contributed by atoms with van der Waals surface area (Å²) in [6, 6.07) is 13.6. The van der Waals surface area contributed by atoms with Gasteiger partial charge in [-0.1, -0.05) is 30.3 Å². The Bertz CT molecular complexity index is 653. The summed E-state index contributed by atoms with van der Waals surface area (Å²) in [6.45, 7) is 3.59. The van der Waals surface area contributed by atoms with E-state index >= 15 is 0 Å². The van der Waals surface area contributed by atoms with Crippen LogP contribution >= 0.6 is 0 Å². The zero-order valence-corrected chi connectivity index (χ0v) is 12.5. The largest absolute Gasteiger partial charge is 0.329 e. The molecule has 2 unspecified atom stereocenters. The van der Waals surface area contributed by atoms with Crippen LogP contribution in [-0.4, -0.2) is 25.0 Å². The third-order valence-electron chi connectivity index (χ3n) is 4.54. The van der Waals surface area contributed by atoms with Gasteiger partial charge in [0.25, 0.3) is 0 Å². The molecule has 3 rings (SSSR count). The number of halogens is 1. The van der Waals surface area contributed by atoms with Crippen molar-refractivity contribution in [1.82, 2.24) is 4.90 Å². The number of aryl methyl sites for hydroxylation is 1. The summed E-state index contributed by atoms with van der Waals surface area (Å²) in [7, 11) is 2.10. The first-order chi connectivity index (χ1) is 10.1. The molecule has 0 saturated carbocycles. The topological polar surface area (TPSA) is 29.3 Å². The summed E-state index contributed by atoms with van der Waals surface area (Å²) in [4.78, 5) is 2.28. The Morgan fingerprint density at radius 1 is 1.24 bits per heavy atom. The van der Waals surface area contributed by atoms with Crippen LogP contribution in [0.25, 0.3) is 0 Å². The Morgan fingerprint density at radius 2 is 2.00 bits per heavy atom. The number of hydrogen-bond donors (Lipinski definition) is 1. The molecule has 0 saturated heterocycles. The molecule has 2 N–H and O–H groups in total. The lowest BCUT2D eigenvalue weighted by atomic mass is 9.80. The minimum absolute atomic E-state index is 0.176. The van der Waals surface area contributed by atoms with Crippen molar-refractivity contribution in [2.75, 3.05) is 20.1 Å². The second kappa shape index (κ2) is 5.58. The van der Waals surface area contributed by atoms with Crippen molar-refractivity contribution in [3.8, 4) is 0 Å². The molecule has 1 heterocycles. The van der Waals surface area contributed by atoms with E-state index in [0.717, 1.165) is 12.1 Å². The summed E-state index contributed by atoms with van der Waals surface area (Å²) < 4.78 is 13.6. The van der Waals surface area contributed by atoms with E-state index in [9.17, 15) is 4.39 Å². The Kier molecular flexibility index (Phi) is 3.79. The maximum atomic E-state index is 13.6. The fourth-order valence-electron chi connectivity index (χ4n) is 3.50. The molecular formula is C18H21FN2. The average molecular weight is 284 g/mol. The van der Waals surface area contributed by atoms with Crippen LogP contribution in [0.4, 0.5) is 4.39 Å². The molecule has 1 aliphatic rings. The van der Waals surface area contributed by atoms with Crippen molar-refractivity contribution in [2.45, 2.75) is 18.9 Å². The van der Waals surface area contributed by atoms with Gasteiger partial charge in [0.1, 0.15) is 5.82 Å². The molecule has 1 aliphatic heterocycles. The highest BCUT2D eigenvalue weighted by Crippen LogP contribution is 2.39. The van der Waals surface area contributed by atoms with Gasteiger partial charge in [0.15, 0.2) is 0 Å². The van der Waals surface area contributed by atoms with E-state index < -0.39 is 0 Å². The highest BCUT2D eigenvalue weighted by atomic mass is 19.1. The number of hydrogen-bond acceptors (Lipinski definition) is 2. The Morgan fingerprint density at radius 3 is 2.71 bits per heavy atom. The molecule has 110 valence electrons. The van der Waals surface area contributed by atoms with Crippen LogP contribution in [0.1, 0.15) is 34.2 Å². The fourth-order valence-corrected chi connectivity index (χ4v) is 3.50. The smallest absolute Gasteiger partial charge is 0.123 e.